The second-order valence-electron chi connectivity index (χ2n) is 5.96. The summed E-state index contributed by atoms with van der Waals surface area (Å²) in [5, 5.41) is 0. The van der Waals surface area contributed by atoms with Gasteiger partial charge in [0.1, 0.15) is 0 Å². The lowest BCUT2D eigenvalue weighted by atomic mass is 10.0. The molecule has 2 aromatic rings. The first kappa shape index (κ1) is 16.2. The number of hydrogen-bond acceptors (Lipinski definition) is 5. The maximum absolute atomic E-state index is 12.6. The van der Waals surface area contributed by atoms with Gasteiger partial charge in [0.15, 0.2) is 5.78 Å². The third-order valence-corrected chi connectivity index (χ3v) is 4.16. The summed E-state index contributed by atoms with van der Waals surface area (Å²) in [6.07, 6.45) is 0. The first-order valence-electron chi connectivity index (χ1n) is 7.81. The molecule has 3 rings (SSSR count). The number of esters is 1. The SMILES string of the molecule is COC(=O)c1ccc2c(c1)N(C)CN(Cc1ccccc1)CC2=O. The average molecular weight is 324 g/mol. The van der Waals surface area contributed by atoms with E-state index in [9.17, 15) is 9.59 Å². The molecule has 1 aliphatic heterocycles. The zero-order chi connectivity index (χ0) is 17.1. The Balaban J connectivity index is 1.86. The summed E-state index contributed by atoms with van der Waals surface area (Å²) >= 11 is 0. The summed E-state index contributed by atoms with van der Waals surface area (Å²) in [7, 11) is 3.28. The minimum atomic E-state index is -0.399. The zero-order valence-electron chi connectivity index (χ0n) is 13.9. The van der Waals surface area contributed by atoms with Crippen LogP contribution in [0.2, 0.25) is 0 Å². The molecule has 0 atom stereocenters. The first-order valence-corrected chi connectivity index (χ1v) is 7.81. The molecule has 0 aliphatic carbocycles. The van der Waals surface area contributed by atoms with Crippen molar-refractivity contribution in [3.05, 3.63) is 65.2 Å². The van der Waals surface area contributed by atoms with Crippen LogP contribution in [0.5, 0.6) is 0 Å². The standard InChI is InChI=1S/C19H20N2O3/c1-20-13-21(11-14-6-4-3-5-7-14)12-18(22)16-9-8-15(10-17(16)20)19(23)24-2/h3-10H,11-13H2,1-2H3. The van der Waals surface area contributed by atoms with Crippen molar-refractivity contribution in [1.29, 1.82) is 0 Å². The van der Waals surface area contributed by atoms with Gasteiger partial charge in [-0.1, -0.05) is 30.3 Å². The topological polar surface area (TPSA) is 49.9 Å². The van der Waals surface area contributed by atoms with Crippen molar-refractivity contribution in [3.63, 3.8) is 0 Å². The van der Waals surface area contributed by atoms with E-state index in [1.165, 1.54) is 12.7 Å². The average Bonchev–Trinajstić information content (AvgIpc) is 2.71. The van der Waals surface area contributed by atoms with Crippen LogP contribution in [0.4, 0.5) is 5.69 Å². The number of methoxy groups -OCH3 is 1. The number of Topliss-reactive ketones (excluding diaryl/α,β-unsaturated/α-hetero) is 1. The van der Waals surface area contributed by atoms with E-state index in [-0.39, 0.29) is 5.78 Å². The third kappa shape index (κ3) is 3.31. The highest BCUT2D eigenvalue weighted by Crippen LogP contribution is 2.26. The molecule has 2 aromatic carbocycles. The van der Waals surface area contributed by atoms with Crippen molar-refractivity contribution < 1.29 is 14.3 Å². The van der Waals surface area contributed by atoms with E-state index in [0.29, 0.717) is 30.9 Å². The number of carbonyl (C=O) groups is 2. The number of carbonyl (C=O) groups excluding carboxylic acids is 2. The second kappa shape index (κ2) is 6.84. The van der Waals surface area contributed by atoms with Gasteiger partial charge < -0.3 is 9.64 Å². The highest BCUT2D eigenvalue weighted by molar-refractivity contribution is 6.04. The highest BCUT2D eigenvalue weighted by Gasteiger charge is 2.24. The van der Waals surface area contributed by atoms with Gasteiger partial charge in [0.25, 0.3) is 0 Å². The van der Waals surface area contributed by atoms with Crippen molar-refractivity contribution in [1.82, 2.24) is 4.90 Å². The Labute approximate surface area is 141 Å². The van der Waals surface area contributed by atoms with Crippen LogP contribution in [-0.4, -0.2) is 44.0 Å². The van der Waals surface area contributed by atoms with Gasteiger partial charge in [0.05, 0.1) is 25.9 Å². The fraction of sp³-hybridized carbons (Fsp3) is 0.263. The van der Waals surface area contributed by atoms with Crippen LogP contribution in [0, 0.1) is 0 Å². The molecule has 0 unspecified atom stereocenters. The van der Waals surface area contributed by atoms with Crippen LogP contribution in [0.3, 0.4) is 0 Å². The fourth-order valence-corrected chi connectivity index (χ4v) is 2.99. The predicted molar refractivity (Wildman–Crippen MR) is 92.2 cm³/mol. The number of rotatable bonds is 3. The minimum Gasteiger partial charge on any atom is -0.465 e. The fourth-order valence-electron chi connectivity index (χ4n) is 2.99. The van der Waals surface area contributed by atoms with Gasteiger partial charge in [0, 0.05) is 24.8 Å². The molecule has 0 bridgehead atoms. The van der Waals surface area contributed by atoms with Gasteiger partial charge in [-0.2, -0.15) is 0 Å². The molecular weight excluding hydrogens is 304 g/mol. The molecule has 1 aliphatic rings. The van der Waals surface area contributed by atoms with E-state index >= 15 is 0 Å². The van der Waals surface area contributed by atoms with Crippen molar-refractivity contribution in [2.24, 2.45) is 0 Å². The van der Waals surface area contributed by atoms with E-state index in [2.05, 4.69) is 17.0 Å². The van der Waals surface area contributed by atoms with Crippen LogP contribution in [0.15, 0.2) is 48.5 Å². The zero-order valence-corrected chi connectivity index (χ0v) is 13.9. The van der Waals surface area contributed by atoms with Gasteiger partial charge in [-0.05, 0) is 23.8 Å². The number of ketones is 1. The van der Waals surface area contributed by atoms with Crippen molar-refractivity contribution in [3.8, 4) is 0 Å². The Bertz CT molecular complexity index is 758. The molecule has 5 heteroatoms. The number of hydrogen-bond donors (Lipinski definition) is 0. The second-order valence-corrected chi connectivity index (χ2v) is 5.96. The van der Waals surface area contributed by atoms with E-state index in [4.69, 9.17) is 4.74 Å². The lowest BCUT2D eigenvalue weighted by Crippen LogP contribution is -2.35. The molecule has 0 spiro atoms. The first-order chi connectivity index (χ1) is 11.6. The monoisotopic (exact) mass is 324 g/mol. The maximum Gasteiger partial charge on any atom is 0.337 e. The molecular formula is C19H20N2O3. The largest absolute Gasteiger partial charge is 0.465 e. The van der Waals surface area contributed by atoms with Gasteiger partial charge in [-0.15, -0.1) is 0 Å². The van der Waals surface area contributed by atoms with E-state index in [1.54, 1.807) is 18.2 Å². The van der Waals surface area contributed by atoms with E-state index in [1.807, 2.05) is 30.1 Å². The summed E-state index contributed by atoms with van der Waals surface area (Å²) in [5.41, 5.74) is 3.02. The summed E-state index contributed by atoms with van der Waals surface area (Å²) < 4.78 is 4.77. The van der Waals surface area contributed by atoms with E-state index < -0.39 is 5.97 Å². The smallest absolute Gasteiger partial charge is 0.337 e. The maximum atomic E-state index is 12.6. The van der Waals surface area contributed by atoms with Crippen LogP contribution in [-0.2, 0) is 11.3 Å². The Morgan fingerprint density at radius 3 is 2.62 bits per heavy atom. The Hall–Kier alpha value is -2.66. The molecule has 0 saturated heterocycles. The molecule has 0 saturated carbocycles. The molecule has 24 heavy (non-hydrogen) atoms. The Morgan fingerprint density at radius 2 is 1.92 bits per heavy atom. The summed E-state index contributed by atoms with van der Waals surface area (Å²) in [5.74, 6) is -0.342. The number of nitrogens with zero attached hydrogens (tertiary/aromatic N) is 2. The van der Waals surface area contributed by atoms with Crippen LogP contribution >= 0.6 is 0 Å². The van der Waals surface area contributed by atoms with Gasteiger partial charge >= 0.3 is 5.97 Å². The van der Waals surface area contributed by atoms with Crippen LogP contribution in [0.25, 0.3) is 0 Å². The number of anilines is 1. The molecule has 0 N–H and O–H groups in total. The molecule has 0 amide bonds. The van der Waals surface area contributed by atoms with Gasteiger partial charge in [-0.25, -0.2) is 4.79 Å². The molecule has 0 radical (unpaired) electrons. The minimum absolute atomic E-state index is 0.0571. The normalized spacial score (nSPS) is 14.9. The number of fused-ring (bicyclic) bond motifs is 1. The van der Waals surface area contributed by atoms with Crippen molar-refractivity contribution in [2.75, 3.05) is 32.3 Å². The van der Waals surface area contributed by atoms with Crippen molar-refractivity contribution in [2.45, 2.75) is 6.54 Å². The lowest BCUT2D eigenvalue weighted by Gasteiger charge is -2.26. The molecule has 1 heterocycles. The predicted octanol–water partition coefficient (Wildman–Crippen LogP) is 2.57. The van der Waals surface area contributed by atoms with Gasteiger partial charge in [0.2, 0.25) is 0 Å². The molecule has 5 nitrogen and oxygen atoms in total. The van der Waals surface area contributed by atoms with E-state index in [0.717, 1.165) is 5.69 Å². The molecule has 0 fully saturated rings. The lowest BCUT2D eigenvalue weighted by molar-refractivity contribution is 0.0600. The molecule has 124 valence electrons. The number of ether oxygens (including phenoxy) is 1. The highest BCUT2D eigenvalue weighted by atomic mass is 16.5. The third-order valence-electron chi connectivity index (χ3n) is 4.16. The number of benzene rings is 2. The Kier molecular flexibility index (Phi) is 4.62. The summed E-state index contributed by atoms with van der Waals surface area (Å²) in [4.78, 5) is 28.4. The summed E-state index contributed by atoms with van der Waals surface area (Å²) in [6.45, 7) is 1.66. The quantitative estimate of drug-likeness (QED) is 0.812. The Morgan fingerprint density at radius 1 is 1.17 bits per heavy atom. The van der Waals surface area contributed by atoms with Crippen LogP contribution in [0.1, 0.15) is 26.3 Å². The summed E-state index contributed by atoms with van der Waals surface area (Å²) in [6, 6.07) is 15.2. The van der Waals surface area contributed by atoms with Crippen molar-refractivity contribution >= 4 is 17.4 Å². The molecule has 0 aromatic heterocycles. The van der Waals surface area contributed by atoms with Crippen LogP contribution < -0.4 is 4.90 Å². The van der Waals surface area contributed by atoms with Gasteiger partial charge in [-0.3, -0.25) is 9.69 Å².